The van der Waals surface area contributed by atoms with Gasteiger partial charge in [-0.15, -0.1) is 0 Å². The van der Waals surface area contributed by atoms with E-state index in [9.17, 15) is 9.90 Å². The summed E-state index contributed by atoms with van der Waals surface area (Å²) in [7, 11) is 0. The molecule has 1 fully saturated rings. The van der Waals surface area contributed by atoms with Gasteiger partial charge in [0.25, 0.3) is 0 Å². The van der Waals surface area contributed by atoms with Crippen molar-refractivity contribution in [1.29, 1.82) is 0 Å². The van der Waals surface area contributed by atoms with Crippen LogP contribution in [0.25, 0.3) is 0 Å². The van der Waals surface area contributed by atoms with Crippen LogP contribution >= 0.6 is 0 Å². The summed E-state index contributed by atoms with van der Waals surface area (Å²) in [6, 6.07) is 7.25. The van der Waals surface area contributed by atoms with Gasteiger partial charge in [-0.1, -0.05) is 18.2 Å². The van der Waals surface area contributed by atoms with Crippen LogP contribution in [0.1, 0.15) is 35.7 Å². The molecule has 1 saturated heterocycles. The number of ether oxygens (including phenoxy) is 1. The Bertz CT molecular complexity index is 392. The number of hydrogen-bond donors (Lipinski definition) is 1. The highest BCUT2D eigenvalue weighted by Crippen LogP contribution is 2.32. The van der Waals surface area contributed by atoms with E-state index in [1.807, 2.05) is 12.1 Å². The largest absolute Gasteiger partial charge is 0.385 e. The molecule has 0 amide bonds. The van der Waals surface area contributed by atoms with Gasteiger partial charge >= 0.3 is 0 Å². The molecule has 1 heterocycles. The summed E-state index contributed by atoms with van der Waals surface area (Å²) >= 11 is 0. The Hall–Kier alpha value is -1.19. The first-order valence-corrected chi connectivity index (χ1v) is 5.53. The Balaban J connectivity index is 2.31. The number of carbonyl (C=O) groups excluding carboxylic acids is 1. The molecular formula is C13H16O3. The standard InChI is InChI=1S/C13H16O3/c1-10(14)11-3-2-4-12(9-11)13(15)5-7-16-8-6-13/h2-4,9,15H,5-8H2,1H3. The first-order chi connectivity index (χ1) is 7.62. The number of carbonyl (C=O) groups is 1. The maximum Gasteiger partial charge on any atom is 0.159 e. The van der Waals surface area contributed by atoms with Crippen LogP contribution in [-0.4, -0.2) is 24.1 Å². The van der Waals surface area contributed by atoms with Crippen LogP contribution in [0.3, 0.4) is 0 Å². The van der Waals surface area contributed by atoms with Gasteiger partial charge < -0.3 is 9.84 Å². The summed E-state index contributed by atoms with van der Waals surface area (Å²) in [5.41, 5.74) is 0.643. The number of rotatable bonds is 2. The minimum Gasteiger partial charge on any atom is -0.385 e. The number of hydrogen-bond acceptors (Lipinski definition) is 3. The summed E-state index contributed by atoms with van der Waals surface area (Å²) in [5, 5.41) is 10.5. The number of aliphatic hydroxyl groups is 1. The molecule has 1 aliphatic heterocycles. The summed E-state index contributed by atoms with van der Waals surface area (Å²) in [6.45, 7) is 2.68. The van der Waals surface area contributed by atoms with Crippen LogP contribution in [0.5, 0.6) is 0 Å². The van der Waals surface area contributed by atoms with Gasteiger partial charge in [-0.2, -0.15) is 0 Å². The molecule has 0 spiro atoms. The Morgan fingerprint density at radius 3 is 2.69 bits per heavy atom. The van der Waals surface area contributed by atoms with E-state index in [0.717, 1.165) is 5.56 Å². The maximum atomic E-state index is 11.3. The summed E-state index contributed by atoms with van der Waals surface area (Å²) in [4.78, 5) is 11.3. The molecular weight excluding hydrogens is 204 g/mol. The molecule has 1 aromatic rings. The highest BCUT2D eigenvalue weighted by Gasteiger charge is 2.31. The van der Waals surface area contributed by atoms with Gasteiger partial charge in [0.05, 0.1) is 5.60 Å². The van der Waals surface area contributed by atoms with Crippen molar-refractivity contribution < 1.29 is 14.6 Å². The molecule has 3 nitrogen and oxygen atoms in total. The zero-order valence-corrected chi connectivity index (χ0v) is 9.40. The average molecular weight is 220 g/mol. The molecule has 0 aliphatic carbocycles. The summed E-state index contributed by atoms with van der Waals surface area (Å²) in [6.07, 6.45) is 1.18. The molecule has 16 heavy (non-hydrogen) atoms. The van der Waals surface area contributed by atoms with Gasteiger partial charge in [-0.05, 0) is 18.6 Å². The maximum absolute atomic E-state index is 11.3. The van der Waals surface area contributed by atoms with Gasteiger partial charge in [-0.3, -0.25) is 4.79 Å². The van der Waals surface area contributed by atoms with Gasteiger partial charge in [0.1, 0.15) is 0 Å². The highest BCUT2D eigenvalue weighted by atomic mass is 16.5. The van der Waals surface area contributed by atoms with E-state index in [1.165, 1.54) is 6.92 Å². The fraction of sp³-hybridized carbons (Fsp3) is 0.462. The van der Waals surface area contributed by atoms with Crippen molar-refractivity contribution in [2.75, 3.05) is 13.2 Å². The Morgan fingerprint density at radius 2 is 2.06 bits per heavy atom. The molecule has 0 bridgehead atoms. The Kier molecular flexibility index (Phi) is 3.08. The molecule has 0 unspecified atom stereocenters. The van der Waals surface area contributed by atoms with Gasteiger partial charge in [0, 0.05) is 31.6 Å². The Morgan fingerprint density at radius 1 is 1.38 bits per heavy atom. The van der Waals surface area contributed by atoms with E-state index in [-0.39, 0.29) is 5.78 Å². The smallest absolute Gasteiger partial charge is 0.159 e. The van der Waals surface area contributed by atoms with Crippen LogP contribution in [0.15, 0.2) is 24.3 Å². The average Bonchev–Trinajstić information content (AvgIpc) is 2.30. The van der Waals surface area contributed by atoms with E-state index in [4.69, 9.17) is 4.74 Å². The summed E-state index contributed by atoms with van der Waals surface area (Å²) in [5.74, 6) is 0.0255. The van der Waals surface area contributed by atoms with Crippen LogP contribution < -0.4 is 0 Å². The lowest BCUT2D eigenvalue weighted by Crippen LogP contribution is -2.33. The molecule has 0 atom stereocenters. The van der Waals surface area contributed by atoms with Crippen LogP contribution in [0.2, 0.25) is 0 Å². The lowest BCUT2D eigenvalue weighted by atomic mass is 9.85. The van der Waals surface area contributed by atoms with Gasteiger partial charge in [-0.25, -0.2) is 0 Å². The predicted molar refractivity (Wildman–Crippen MR) is 60.4 cm³/mol. The van der Waals surface area contributed by atoms with Crippen molar-refractivity contribution >= 4 is 5.78 Å². The minimum atomic E-state index is -0.830. The number of ketones is 1. The van der Waals surface area contributed by atoms with E-state index in [1.54, 1.807) is 12.1 Å². The van der Waals surface area contributed by atoms with E-state index in [0.29, 0.717) is 31.6 Å². The summed E-state index contributed by atoms with van der Waals surface area (Å²) < 4.78 is 5.24. The first kappa shape index (κ1) is 11.3. The van der Waals surface area contributed by atoms with Gasteiger partial charge in [0.15, 0.2) is 5.78 Å². The van der Waals surface area contributed by atoms with Crippen molar-refractivity contribution in [3.8, 4) is 0 Å². The zero-order chi connectivity index (χ0) is 11.6. The van der Waals surface area contributed by atoms with Crippen molar-refractivity contribution in [2.45, 2.75) is 25.4 Å². The van der Waals surface area contributed by atoms with E-state index in [2.05, 4.69) is 0 Å². The van der Waals surface area contributed by atoms with Crippen molar-refractivity contribution in [3.05, 3.63) is 35.4 Å². The predicted octanol–water partition coefficient (Wildman–Crippen LogP) is 1.89. The molecule has 1 aliphatic rings. The second kappa shape index (κ2) is 4.36. The fourth-order valence-electron chi connectivity index (χ4n) is 2.03. The SMILES string of the molecule is CC(=O)c1cccc(C2(O)CCOCC2)c1. The molecule has 2 rings (SSSR count). The molecule has 1 N–H and O–H groups in total. The van der Waals surface area contributed by atoms with Crippen LogP contribution in [0, 0.1) is 0 Å². The van der Waals surface area contributed by atoms with Crippen molar-refractivity contribution in [3.63, 3.8) is 0 Å². The van der Waals surface area contributed by atoms with Crippen LogP contribution in [-0.2, 0) is 10.3 Å². The molecule has 86 valence electrons. The topological polar surface area (TPSA) is 46.5 Å². The third-order valence-corrected chi connectivity index (χ3v) is 3.13. The molecule has 0 saturated carbocycles. The second-order valence-electron chi connectivity index (χ2n) is 4.28. The molecule has 3 heteroatoms. The zero-order valence-electron chi connectivity index (χ0n) is 9.40. The molecule has 0 radical (unpaired) electrons. The van der Waals surface area contributed by atoms with E-state index < -0.39 is 5.60 Å². The number of Topliss-reactive ketones (excluding diaryl/α,β-unsaturated/α-hetero) is 1. The number of benzene rings is 1. The van der Waals surface area contributed by atoms with Crippen molar-refractivity contribution in [2.24, 2.45) is 0 Å². The van der Waals surface area contributed by atoms with E-state index >= 15 is 0 Å². The monoisotopic (exact) mass is 220 g/mol. The lowest BCUT2D eigenvalue weighted by molar-refractivity contribution is -0.0679. The molecule has 0 aromatic heterocycles. The second-order valence-corrected chi connectivity index (χ2v) is 4.28. The normalized spacial score (nSPS) is 19.4. The molecule has 1 aromatic carbocycles. The third kappa shape index (κ3) is 2.15. The fourth-order valence-corrected chi connectivity index (χ4v) is 2.03. The van der Waals surface area contributed by atoms with Crippen LogP contribution in [0.4, 0.5) is 0 Å². The highest BCUT2D eigenvalue weighted by molar-refractivity contribution is 5.94. The minimum absolute atomic E-state index is 0.0255. The lowest BCUT2D eigenvalue weighted by Gasteiger charge is -2.32. The Labute approximate surface area is 95.0 Å². The van der Waals surface area contributed by atoms with Crippen molar-refractivity contribution in [1.82, 2.24) is 0 Å². The third-order valence-electron chi connectivity index (χ3n) is 3.13. The quantitative estimate of drug-likeness (QED) is 0.774. The van der Waals surface area contributed by atoms with Gasteiger partial charge in [0.2, 0.25) is 0 Å². The first-order valence-electron chi connectivity index (χ1n) is 5.53.